The van der Waals surface area contributed by atoms with Crippen molar-refractivity contribution < 1.29 is 0 Å². The van der Waals surface area contributed by atoms with Gasteiger partial charge in [0.25, 0.3) is 0 Å². The summed E-state index contributed by atoms with van der Waals surface area (Å²) in [6.07, 6.45) is 7.43. The second-order valence-electron chi connectivity index (χ2n) is 6.41. The predicted molar refractivity (Wildman–Crippen MR) is 103 cm³/mol. The first kappa shape index (κ1) is 14.2. The number of aromatic nitrogens is 7. The molecule has 2 N–H and O–H groups in total. The number of para-hydroxylation sites is 2. The van der Waals surface area contributed by atoms with E-state index < -0.39 is 0 Å². The number of fused-ring (bicyclic) bond motifs is 3. The summed E-state index contributed by atoms with van der Waals surface area (Å²) in [5.41, 5.74) is 7.24. The van der Waals surface area contributed by atoms with E-state index in [1.807, 2.05) is 59.3 Å². The highest BCUT2D eigenvalue weighted by Crippen LogP contribution is 2.25. The molecule has 0 saturated carbocycles. The van der Waals surface area contributed by atoms with Crippen LogP contribution in [-0.2, 0) is 0 Å². The molecule has 0 unspecified atom stereocenters. The molecule has 7 nitrogen and oxygen atoms in total. The van der Waals surface area contributed by atoms with E-state index in [0.29, 0.717) is 5.65 Å². The summed E-state index contributed by atoms with van der Waals surface area (Å²) in [7, 11) is 0. The van der Waals surface area contributed by atoms with Crippen LogP contribution in [0.2, 0.25) is 0 Å². The minimum atomic E-state index is 0.703. The molecule has 27 heavy (non-hydrogen) atoms. The third-order valence-electron chi connectivity index (χ3n) is 4.69. The molecule has 0 aliphatic heterocycles. The molecule has 5 heterocycles. The Morgan fingerprint density at radius 2 is 1.85 bits per heavy atom. The highest BCUT2D eigenvalue weighted by atomic mass is 15.0. The molecule has 0 amide bonds. The number of hydrogen-bond acceptors (Lipinski definition) is 4. The summed E-state index contributed by atoms with van der Waals surface area (Å²) in [6, 6.07) is 14.1. The van der Waals surface area contributed by atoms with Crippen LogP contribution in [0.15, 0.2) is 67.4 Å². The number of nitrogens with one attached hydrogen (secondary N) is 2. The Morgan fingerprint density at radius 1 is 0.889 bits per heavy atom. The Labute approximate surface area is 152 Å². The standard InChI is InChI=1S/C20H13N7/c1-2-4-15-14(3-1)25-19(26-15)12-5-6-27-10-17(24-18(27)8-12)13-7-16-20(21-9-13)23-11-22-16/h1-11H,(H,25,26)(H,21,22,23). The van der Waals surface area contributed by atoms with Gasteiger partial charge < -0.3 is 14.4 Å². The van der Waals surface area contributed by atoms with Crippen LogP contribution in [0.1, 0.15) is 0 Å². The van der Waals surface area contributed by atoms with Crippen LogP contribution in [0.5, 0.6) is 0 Å². The van der Waals surface area contributed by atoms with Crippen LogP contribution in [0.3, 0.4) is 0 Å². The maximum absolute atomic E-state index is 4.76. The van der Waals surface area contributed by atoms with Gasteiger partial charge in [0, 0.05) is 29.7 Å². The first-order valence-electron chi connectivity index (χ1n) is 8.57. The van der Waals surface area contributed by atoms with Gasteiger partial charge in [-0.05, 0) is 30.3 Å². The summed E-state index contributed by atoms with van der Waals surface area (Å²) in [5, 5.41) is 0. The van der Waals surface area contributed by atoms with Crippen LogP contribution in [0.4, 0.5) is 0 Å². The lowest BCUT2D eigenvalue weighted by Crippen LogP contribution is -1.85. The first-order chi connectivity index (χ1) is 13.3. The van der Waals surface area contributed by atoms with Crippen molar-refractivity contribution in [2.24, 2.45) is 0 Å². The average Bonchev–Trinajstić information content (AvgIpc) is 3.42. The van der Waals surface area contributed by atoms with Crippen LogP contribution < -0.4 is 0 Å². The second-order valence-corrected chi connectivity index (χ2v) is 6.41. The van der Waals surface area contributed by atoms with E-state index in [1.54, 1.807) is 12.5 Å². The second kappa shape index (κ2) is 5.25. The lowest BCUT2D eigenvalue weighted by molar-refractivity contribution is 1.18. The molecule has 0 atom stereocenters. The summed E-state index contributed by atoms with van der Waals surface area (Å²) in [5.74, 6) is 0.837. The zero-order valence-electron chi connectivity index (χ0n) is 14.1. The molecule has 0 fully saturated rings. The van der Waals surface area contributed by atoms with Crippen molar-refractivity contribution in [2.75, 3.05) is 0 Å². The molecule has 0 spiro atoms. The Hall–Kier alpha value is -4.00. The maximum atomic E-state index is 4.76. The summed E-state index contributed by atoms with van der Waals surface area (Å²) < 4.78 is 2.00. The summed E-state index contributed by atoms with van der Waals surface area (Å²) in [6.45, 7) is 0. The molecular weight excluding hydrogens is 338 g/mol. The van der Waals surface area contributed by atoms with E-state index in [1.165, 1.54) is 0 Å². The van der Waals surface area contributed by atoms with Crippen LogP contribution in [-0.4, -0.2) is 34.3 Å². The van der Waals surface area contributed by atoms with Gasteiger partial charge in [-0.3, -0.25) is 0 Å². The smallest absolute Gasteiger partial charge is 0.177 e. The molecule has 7 heteroatoms. The highest BCUT2D eigenvalue weighted by Gasteiger charge is 2.10. The number of hydrogen-bond donors (Lipinski definition) is 2. The van der Waals surface area contributed by atoms with E-state index in [9.17, 15) is 0 Å². The number of benzene rings is 1. The maximum Gasteiger partial charge on any atom is 0.177 e. The number of nitrogens with zero attached hydrogens (tertiary/aromatic N) is 5. The van der Waals surface area contributed by atoms with E-state index in [2.05, 4.69) is 24.9 Å². The Morgan fingerprint density at radius 3 is 2.81 bits per heavy atom. The molecule has 6 aromatic rings. The molecule has 0 radical (unpaired) electrons. The quantitative estimate of drug-likeness (QED) is 0.496. The van der Waals surface area contributed by atoms with E-state index >= 15 is 0 Å². The minimum absolute atomic E-state index is 0.703. The van der Waals surface area contributed by atoms with E-state index in [0.717, 1.165) is 44.8 Å². The van der Waals surface area contributed by atoms with Crippen molar-refractivity contribution in [3.63, 3.8) is 0 Å². The number of imidazole rings is 3. The monoisotopic (exact) mass is 351 g/mol. The average molecular weight is 351 g/mol. The Bertz CT molecular complexity index is 1400. The summed E-state index contributed by atoms with van der Waals surface area (Å²) in [4.78, 5) is 24.4. The zero-order chi connectivity index (χ0) is 17.8. The molecule has 1 aromatic carbocycles. The topological polar surface area (TPSA) is 87.5 Å². The van der Waals surface area contributed by atoms with Gasteiger partial charge in [0.05, 0.1) is 28.6 Å². The minimum Gasteiger partial charge on any atom is -0.343 e. The first-order valence-corrected chi connectivity index (χ1v) is 8.57. The van der Waals surface area contributed by atoms with Crippen LogP contribution >= 0.6 is 0 Å². The predicted octanol–water partition coefficient (Wildman–Crippen LogP) is 3.82. The van der Waals surface area contributed by atoms with Gasteiger partial charge in [-0.15, -0.1) is 0 Å². The van der Waals surface area contributed by atoms with Gasteiger partial charge >= 0.3 is 0 Å². The molecular formula is C20H13N7. The lowest BCUT2D eigenvalue weighted by atomic mass is 10.2. The van der Waals surface area contributed by atoms with Gasteiger partial charge in [0.1, 0.15) is 11.5 Å². The van der Waals surface area contributed by atoms with Crippen LogP contribution in [0, 0.1) is 0 Å². The molecule has 0 aliphatic carbocycles. The van der Waals surface area contributed by atoms with Crippen molar-refractivity contribution in [2.45, 2.75) is 0 Å². The van der Waals surface area contributed by atoms with Gasteiger partial charge in [0.2, 0.25) is 0 Å². The van der Waals surface area contributed by atoms with Gasteiger partial charge in [0.15, 0.2) is 5.65 Å². The molecule has 128 valence electrons. The fraction of sp³-hybridized carbons (Fsp3) is 0. The van der Waals surface area contributed by atoms with Crippen LogP contribution in [0.25, 0.3) is 50.5 Å². The number of rotatable bonds is 2. The molecule has 0 saturated heterocycles. The van der Waals surface area contributed by atoms with E-state index in [-0.39, 0.29) is 0 Å². The van der Waals surface area contributed by atoms with Gasteiger partial charge in [-0.25, -0.2) is 19.9 Å². The van der Waals surface area contributed by atoms with E-state index in [4.69, 9.17) is 4.98 Å². The van der Waals surface area contributed by atoms with Gasteiger partial charge in [-0.1, -0.05) is 12.1 Å². The largest absolute Gasteiger partial charge is 0.343 e. The zero-order valence-corrected chi connectivity index (χ0v) is 14.1. The van der Waals surface area contributed by atoms with Crippen molar-refractivity contribution >= 4 is 27.8 Å². The molecule has 6 rings (SSSR count). The summed E-state index contributed by atoms with van der Waals surface area (Å²) >= 11 is 0. The van der Waals surface area contributed by atoms with Gasteiger partial charge in [-0.2, -0.15) is 0 Å². The third-order valence-corrected chi connectivity index (χ3v) is 4.69. The molecule has 0 aliphatic rings. The lowest BCUT2D eigenvalue weighted by Gasteiger charge is -1.97. The number of aromatic amines is 2. The molecule has 5 aromatic heterocycles. The highest BCUT2D eigenvalue weighted by molar-refractivity contribution is 5.80. The fourth-order valence-corrected chi connectivity index (χ4v) is 3.33. The normalized spacial score (nSPS) is 11.7. The number of pyridine rings is 2. The SMILES string of the molecule is c1ccc2[nH]c(-c3ccn4cc(-c5cnc6nc[nH]c6c5)nc4c3)nc2c1. The Kier molecular flexibility index (Phi) is 2.76. The fourth-order valence-electron chi connectivity index (χ4n) is 3.33. The van der Waals surface area contributed by atoms with Crippen molar-refractivity contribution in [1.82, 2.24) is 34.3 Å². The van der Waals surface area contributed by atoms with Crippen molar-refractivity contribution in [1.29, 1.82) is 0 Å². The Balaban J connectivity index is 1.46. The molecule has 0 bridgehead atoms. The van der Waals surface area contributed by atoms with Crippen molar-refractivity contribution in [3.05, 3.63) is 67.4 Å². The number of H-pyrrole nitrogens is 2. The third kappa shape index (κ3) is 2.22. The van der Waals surface area contributed by atoms with Crippen molar-refractivity contribution in [3.8, 4) is 22.6 Å².